The third kappa shape index (κ3) is 6.14. The van der Waals surface area contributed by atoms with Gasteiger partial charge in [0.15, 0.2) is 0 Å². The van der Waals surface area contributed by atoms with Gasteiger partial charge in [0.05, 0.1) is 4.90 Å². The van der Waals surface area contributed by atoms with Gasteiger partial charge in [0.2, 0.25) is 10.0 Å². The van der Waals surface area contributed by atoms with E-state index in [1.165, 1.54) is 4.88 Å². The van der Waals surface area contributed by atoms with Crippen molar-refractivity contribution in [1.29, 1.82) is 0 Å². The number of thiophene rings is 1. The Labute approximate surface area is 161 Å². The molecule has 3 rings (SSSR count). The molecule has 0 bridgehead atoms. The van der Waals surface area contributed by atoms with Gasteiger partial charge < -0.3 is 10.2 Å². The first kappa shape index (κ1) is 21.0. The number of piperazine rings is 1. The van der Waals surface area contributed by atoms with Crippen molar-refractivity contribution in [3.05, 3.63) is 52.7 Å². The SMILES string of the molecule is O=C(O)C(=O)O.O=S(=O)(c1ccccc1)N1CCN(Cc2cccs2)CC1. The van der Waals surface area contributed by atoms with Crippen LogP contribution in [0.3, 0.4) is 0 Å². The van der Waals surface area contributed by atoms with E-state index in [2.05, 4.69) is 22.4 Å². The summed E-state index contributed by atoms with van der Waals surface area (Å²) in [6.45, 7) is 3.59. The molecule has 1 aliphatic heterocycles. The predicted octanol–water partition coefficient (Wildman–Crippen LogP) is 1.41. The quantitative estimate of drug-likeness (QED) is 0.730. The van der Waals surface area contributed by atoms with Gasteiger partial charge in [0, 0.05) is 37.6 Å². The third-order valence-electron chi connectivity index (χ3n) is 3.85. The number of carbonyl (C=O) groups is 2. The molecule has 0 atom stereocenters. The van der Waals surface area contributed by atoms with Crippen molar-refractivity contribution in [2.45, 2.75) is 11.4 Å². The van der Waals surface area contributed by atoms with E-state index in [1.54, 1.807) is 39.9 Å². The molecule has 0 amide bonds. The Morgan fingerprint density at radius 1 is 0.926 bits per heavy atom. The number of hydrogen-bond donors (Lipinski definition) is 2. The fourth-order valence-electron chi connectivity index (χ4n) is 2.49. The Bertz CT molecular complexity index is 833. The van der Waals surface area contributed by atoms with Crippen LogP contribution < -0.4 is 0 Å². The Morgan fingerprint density at radius 2 is 1.52 bits per heavy atom. The Morgan fingerprint density at radius 3 is 2.00 bits per heavy atom. The van der Waals surface area contributed by atoms with Crippen LogP contribution in [0.25, 0.3) is 0 Å². The summed E-state index contributed by atoms with van der Waals surface area (Å²) in [4.78, 5) is 22.2. The molecule has 1 saturated heterocycles. The summed E-state index contributed by atoms with van der Waals surface area (Å²) >= 11 is 1.75. The molecule has 0 radical (unpaired) electrons. The van der Waals surface area contributed by atoms with Crippen LogP contribution in [-0.2, 0) is 26.2 Å². The van der Waals surface area contributed by atoms with E-state index in [9.17, 15) is 8.42 Å². The van der Waals surface area contributed by atoms with Gasteiger partial charge in [0.25, 0.3) is 0 Å². The normalized spacial score (nSPS) is 15.6. The molecule has 1 aliphatic rings. The smallest absolute Gasteiger partial charge is 0.414 e. The molecule has 27 heavy (non-hydrogen) atoms. The van der Waals surface area contributed by atoms with Crippen LogP contribution in [0, 0.1) is 0 Å². The minimum atomic E-state index is -3.34. The van der Waals surface area contributed by atoms with E-state index in [1.807, 2.05) is 6.07 Å². The molecular formula is C17H20N2O6S2. The molecular weight excluding hydrogens is 392 g/mol. The molecule has 0 aliphatic carbocycles. The summed E-state index contributed by atoms with van der Waals surface area (Å²) in [5.41, 5.74) is 0. The van der Waals surface area contributed by atoms with Gasteiger partial charge in [0.1, 0.15) is 0 Å². The van der Waals surface area contributed by atoms with Crippen LogP contribution in [0.15, 0.2) is 52.7 Å². The van der Waals surface area contributed by atoms with Crippen molar-refractivity contribution in [3.8, 4) is 0 Å². The van der Waals surface area contributed by atoms with E-state index in [-0.39, 0.29) is 0 Å². The monoisotopic (exact) mass is 412 g/mol. The molecule has 2 aromatic rings. The summed E-state index contributed by atoms with van der Waals surface area (Å²) in [6, 6.07) is 12.9. The summed E-state index contributed by atoms with van der Waals surface area (Å²) < 4.78 is 26.6. The van der Waals surface area contributed by atoms with Gasteiger partial charge in [-0.15, -0.1) is 11.3 Å². The summed E-state index contributed by atoms with van der Waals surface area (Å²) in [5, 5.41) is 16.9. The fraction of sp³-hybridized carbons (Fsp3) is 0.294. The summed E-state index contributed by atoms with van der Waals surface area (Å²) in [6.07, 6.45) is 0. The minimum Gasteiger partial charge on any atom is -0.473 e. The number of carboxylic acid groups (broad SMARTS) is 2. The molecule has 0 unspecified atom stereocenters. The zero-order valence-corrected chi connectivity index (χ0v) is 16.0. The summed E-state index contributed by atoms with van der Waals surface area (Å²) in [7, 11) is -3.34. The molecule has 0 spiro atoms. The van der Waals surface area contributed by atoms with Crippen LogP contribution >= 0.6 is 11.3 Å². The standard InChI is InChI=1S/C15H18N2O2S2.C2H2O4/c18-21(19,15-6-2-1-3-7-15)17-10-8-16(9-11-17)13-14-5-4-12-20-14;3-1(4)2(5)6/h1-7,12H,8-11,13H2;(H,3,4)(H,5,6). The van der Waals surface area contributed by atoms with Gasteiger partial charge in [-0.25, -0.2) is 18.0 Å². The lowest BCUT2D eigenvalue weighted by atomic mass is 10.3. The number of hydrogen-bond acceptors (Lipinski definition) is 6. The van der Waals surface area contributed by atoms with Crippen LogP contribution in [0.1, 0.15) is 4.88 Å². The third-order valence-corrected chi connectivity index (χ3v) is 6.63. The molecule has 146 valence electrons. The first-order chi connectivity index (χ1) is 12.8. The highest BCUT2D eigenvalue weighted by atomic mass is 32.2. The van der Waals surface area contributed by atoms with E-state index in [0.29, 0.717) is 18.0 Å². The highest BCUT2D eigenvalue weighted by molar-refractivity contribution is 7.89. The van der Waals surface area contributed by atoms with Gasteiger partial charge in [-0.3, -0.25) is 4.90 Å². The number of carboxylic acids is 2. The van der Waals surface area contributed by atoms with Crippen molar-refractivity contribution >= 4 is 33.3 Å². The molecule has 2 N–H and O–H groups in total. The molecule has 2 heterocycles. The molecule has 1 aromatic heterocycles. The molecule has 1 fully saturated rings. The van der Waals surface area contributed by atoms with Gasteiger partial charge in [-0.2, -0.15) is 4.31 Å². The molecule has 0 saturated carbocycles. The lowest BCUT2D eigenvalue weighted by Crippen LogP contribution is -2.48. The van der Waals surface area contributed by atoms with E-state index >= 15 is 0 Å². The van der Waals surface area contributed by atoms with Gasteiger partial charge in [-0.05, 0) is 23.6 Å². The summed E-state index contributed by atoms with van der Waals surface area (Å²) in [5.74, 6) is -3.65. The molecule has 1 aromatic carbocycles. The zero-order chi connectivity index (χ0) is 19.9. The lowest BCUT2D eigenvalue weighted by molar-refractivity contribution is -0.159. The van der Waals surface area contributed by atoms with E-state index in [0.717, 1.165) is 19.6 Å². The molecule has 10 heteroatoms. The highest BCUT2D eigenvalue weighted by Crippen LogP contribution is 2.19. The maximum atomic E-state index is 12.5. The van der Waals surface area contributed by atoms with Crippen molar-refractivity contribution < 1.29 is 28.2 Å². The van der Waals surface area contributed by atoms with Crippen molar-refractivity contribution in [2.24, 2.45) is 0 Å². The van der Waals surface area contributed by atoms with Gasteiger partial charge >= 0.3 is 11.9 Å². The second kappa shape index (κ2) is 9.60. The van der Waals surface area contributed by atoms with Crippen molar-refractivity contribution in [2.75, 3.05) is 26.2 Å². The Balaban J connectivity index is 0.000000380. The second-order valence-corrected chi connectivity index (χ2v) is 8.65. The highest BCUT2D eigenvalue weighted by Gasteiger charge is 2.28. The second-order valence-electron chi connectivity index (χ2n) is 5.68. The number of aliphatic carboxylic acids is 2. The van der Waals surface area contributed by atoms with Crippen LogP contribution in [0.4, 0.5) is 0 Å². The largest absolute Gasteiger partial charge is 0.473 e. The van der Waals surface area contributed by atoms with Crippen molar-refractivity contribution in [1.82, 2.24) is 9.21 Å². The zero-order valence-electron chi connectivity index (χ0n) is 14.4. The number of benzene rings is 1. The maximum Gasteiger partial charge on any atom is 0.414 e. The van der Waals surface area contributed by atoms with E-state index in [4.69, 9.17) is 19.8 Å². The minimum absolute atomic E-state index is 0.386. The first-order valence-electron chi connectivity index (χ1n) is 8.07. The van der Waals surface area contributed by atoms with Crippen LogP contribution in [-0.4, -0.2) is 66.0 Å². The number of nitrogens with zero attached hydrogens (tertiary/aromatic N) is 2. The van der Waals surface area contributed by atoms with Crippen molar-refractivity contribution in [3.63, 3.8) is 0 Å². The van der Waals surface area contributed by atoms with Crippen LogP contribution in [0.5, 0.6) is 0 Å². The number of sulfonamides is 1. The Kier molecular flexibility index (Phi) is 7.48. The van der Waals surface area contributed by atoms with E-state index < -0.39 is 22.0 Å². The molecule has 8 nitrogen and oxygen atoms in total. The van der Waals surface area contributed by atoms with Crippen LogP contribution in [0.2, 0.25) is 0 Å². The number of rotatable bonds is 4. The topological polar surface area (TPSA) is 115 Å². The Hall–Kier alpha value is -2.27. The fourth-order valence-corrected chi connectivity index (χ4v) is 4.68. The lowest BCUT2D eigenvalue weighted by Gasteiger charge is -2.33. The average molecular weight is 412 g/mol. The van der Waals surface area contributed by atoms with Gasteiger partial charge in [-0.1, -0.05) is 24.3 Å². The predicted molar refractivity (Wildman–Crippen MR) is 100 cm³/mol. The first-order valence-corrected chi connectivity index (χ1v) is 10.4. The average Bonchev–Trinajstić information content (AvgIpc) is 3.16. The maximum absolute atomic E-state index is 12.5.